The molecule has 6 nitrogen and oxygen atoms in total. The van der Waals surface area contributed by atoms with Gasteiger partial charge in [0.25, 0.3) is 0 Å². The highest BCUT2D eigenvalue weighted by Crippen LogP contribution is 2.34. The van der Waals surface area contributed by atoms with E-state index in [-0.39, 0.29) is 30.1 Å². The summed E-state index contributed by atoms with van der Waals surface area (Å²) >= 11 is 0. The van der Waals surface area contributed by atoms with Gasteiger partial charge >= 0.3 is 6.03 Å². The number of hydrogen-bond acceptors (Lipinski definition) is 3. The predicted molar refractivity (Wildman–Crippen MR) is 94.4 cm³/mol. The van der Waals surface area contributed by atoms with Crippen LogP contribution < -0.4 is 5.32 Å². The number of benzene rings is 1. The minimum atomic E-state index is -0.172. The average molecular weight is 343 g/mol. The molecule has 2 bridgehead atoms. The smallest absolute Gasteiger partial charge is 0.322 e. The molecule has 1 aromatic rings. The second kappa shape index (κ2) is 6.67. The molecule has 3 aliphatic rings. The number of rotatable bonds is 2. The summed E-state index contributed by atoms with van der Waals surface area (Å²) in [5, 5.41) is 2.98. The quantitative estimate of drug-likeness (QED) is 0.896. The average Bonchev–Trinajstić information content (AvgIpc) is 3.24. The van der Waals surface area contributed by atoms with Crippen molar-refractivity contribution >= 4 is 17.6 Å². The number of nitrogens with one attached hydrogen (secondary N) is 1. The van der Waals surface area contributed by atoms with Gasteiger partial charge < -0.3 is 19.9 Å². The highest BCUT2D eigenvalue weighted by molar-refractivity contribution is 5.90. The summed E-state index contributed by atoms with van der Waals surface area (Å²) in [5.41, 5.74) is 1.87. The summed E-state index contributed by atoms with van der Waals surface area (Å²) in [6.45, 7) is 4.74. The molecule has 3 saturated heterocycles. The molecule has 3 aliphatic heterocycles. The Balaban J connectivity index is 1.40. The molecule has 6 heteroatoms. The summed E-state index contributed by atoms with van der Waals surface area (Å²) in [6, 6.07) is 7.64. The van der Waals surface area contributed by atoms with Crippen LogP contribution in [0.15, 0.2) is 24.3 Å². The maximum absolute atomic E-state index is 12.7. The number of carbonyl (C=O) groups is 2. The zero-order valence-electron chi connectivity index (χ0n) is 14.6. The van der Waals surface area contributed by atoms with Gasteiger partial charge in [-0.2, -0.15) is 0 Å². The normalized spacial score (nSPS) is 28.3. The lowest BCUT2D eigenvalue weighted by Gasteiger charge is -2.33. The van der Waals surface area contributed by atoms with Crippen molar-refractivity contribution in [2.24, 2.45) is 5.92 Å². The SMILES string of the molecule is Cc1ccccc1NC(=O)N1C[C@H]2C[C@H](C(=O)N3CCCC3)[C@@H](C1)O2. The minimum absolute atomic E-state index is 0.0297. The summed E-state index contributed by atoms with van der Waals surface area (Å²) in [6.07, 6.45) is 2.72. The van der Waals surface area contributed by atoms with Crippen LogP contribution in [0.4, 0.5) is 10.5 Å². The first kappa shape index (κ1) is 16.4. The van der Waals surface area contributed by atoms with Crippen molar-refractivity contribution in [2.75, 3.05) is 31.5 Å². The molecule has 134 valence electrons. The van der Waals surface area contributed by atoms with E-state index in [2.05, 4.69) is 5.32 Å². The molecule has 0 spiro atoms. The van der Waals surface area contributed by atoms with Crippen LogP contribution in [0.5, 0.6) is 0 Å². The maximum Gasteiger partial charge on any atom is 0.322 e. The van der Waals surface area contributed by atoms with Crippen LogP contribution in [0.25, 0.3) is 0 Å². The fourth-order valence-electron chi connectivity index (χ4n) is 4.16. The van der Waals surface area contributed by atoms with E-state index < -0.39 is 0 Å². The van der Waals surface area contributed by atoms with Crippen molar-refractivity contribution in [1.82, 2.24) is 9.80 Å². The molecule has 0 aromatic heterocycles. The Morgan fingerprint density at radius 3 is 2.64 bits per heavy atom. The number of morpholine rings is 1. The summed E-state index contributed by atoms with van der Waals surface area (Å²) < 4.78 is 5.98. The molecule has 0 saturated carbocycles. The second-order valence-electron chi connectivity index (χ2n) is 7.32. The van der Waals surface area contributed by atoms with Crippen molar-refractivity contribution in [2.45, 2.75) is 38.4 Å². The molecule has 3 atom stereocenters. The van der Waals surface area contributed by atoms with Crippen molar-refractivity contribution in [1.29, 1.82) is 0 Å². The van der Waals surface area contributed by atoms with Gasteiger partial charge in [0.1, 0.15) is 0 Å². The highest BCUT2D eigenvalue weighted by Gasteiger charge is 2.47. The molecule has 4 rings (SSSR count). The standard InChI is InChI=1S/C19H25N3O3/c1-13-6-2-3-7-16(13)20-19(24)22-11-14-10-15(17(12-22)25-14)18(23)21-8-4-5-9-21/h2-3,6-7,14-15,17H,4-5,8-12H2,1H3,(H,20,24)/t14-,15+,17-/m1/s1. The van der Waals surface area contributed by atoms with E-state index in [0.717, 1.165) is 43.6 Å². The molecule has 0 radical (unpaired) electrons. The number of likely N-dealkylation sites (tertiary alicyclic amines) is 2. The molecule has 0 aliphatic carbocycles. The zero-order valence-corrected chi connectivity index (χ0v) is 14.6. The third kappa shape index (κ3) is 3.23. The van der Waals surface area contributed by atoms with Crippen molar-refractivity contribution in [3.8, 4) is 0 Å². The van der Waals surface area contributed by atoms with Gasteiger partial charge in [-0.05, 0) is 37.8 Å². The third-order valence-electron chi connectivity index (χ3n) is 5.57. The summed E-state index contributed by atoms with van der Waals surface area (Å²) in [4.78, 5) is 29.1. The second-order valence-corrected chi connectivity index (χ2v) is 7.32. The fourth-order valence-corrected chi connectivity index (χ4v) is 4.16. The van der Waals surface area contributed by atoms with Crippen LogP contribution in [0.1, 0.15) is 24.8 Å². The Kier molecular flexibility index (Phi) is 4.37. The van der Waals surface area contributed by atoms with Gasteiger partial charge in [-0.3, -0.25) is 4.79 Å². The topological polar surface area (TPSA) is 61.9 Å². The van der Waals surface area contributed by atoms with Crippen LogP contribution in [-0.4, -0.2) is 60.1 Å². The van der Waals surface area contributed by atoms with E-state index in [1.54, 1.807) is 4.90 Å². The van der Waals surface area contributed by atoms with Gasteiger partial charge in [-0.15, -0.1) is 0 Å². The number of para-hydroxylation sites is 1. The number of carbonyl (C=O) groups excluding carboxylic acids is 2. The zero-order chi connectivity index (χ0) is 17.4. The first-order valence-corrected chi connectivity index (χ1v) is 9.17. The molecule has 25 heavy (non-hydrogen) atoms. The van der Waals surface area contributed by atoms with Gasteiger partial charge in [-0.1, -0.05) is 18.2 Å². The van der Waals surface area contributed by atoms with Crippen LogP contribution in [0.2, 0.25) is 0 Å². The van der Waals surface area contributed by atoms with E-state index in [1.165, 1.54) is 0 Å². The molecule has 1 aromatic carbocycles. The van der Waals surface area contributed by atoms with Crippen molar-refractivity contribution in [3.05, 3.63) is 29.8 Å². The number of hydrogen-bond donors (Lipinski definition) is 1. The minimum Gasteiger partial charge on any atom is -0.370 e. The van der Waals surface area contributed by atoms with Gasteiger partial charge in [0.05, 0.1) is 18.1 Å². The van der Waals surface area contributed by atoms with E-state index in [1.807, 2.05) is 36.1 Å². The molecular weight excluding hydrogens is 318 g/mol. The van der Waals surface area contributed by atoms with Crippen LogP contribution in [-0.2, 0) is 9.53 Å². The van der Waals surface area contributed by atoms with E-state index in [4.69, 9.17) is 4.74 Å². The number of fused-ring (bicyclic) bond motifs is 2. The first-order chi connectivity index (χ1) is 12.1. The van der Waals surface area contributed by atoms with Crippen LogP contribution in [0, 0.1) is 12.8 Å². The van der Waals surface area contributed by atoms with E-state index >= 15 is 0 Å². The third-order valence-corrected chi connectivity index (χ3v) is 5.57. The largest absolute Gasteiger partial charge is 0.370 e. The number of amides is 3. The molecule has 3 amide bonds. The van der Waals surface area contributed by atoms with Gasteiger partial charge in [0, 0.05) is 31.9 Å². The molecule has 0 unspecified atom stereocenters. The Labute approximate surface area is 148 Å². The van der Waals surface area contributed by atoms with Crippen LogP contribution in [0.3, 0.4) is 0 Å². The van der Waals surface area contributed by atoms with Gasteiger partial charge in [0.2, 0.25) is 5.91 Å². The first-order valence-electron chi connectivity index (χ1n) is 9.17. The van der Waals surface area contributed by atoms with Crippen molar-refractivity contribution < 1.29 is 14.3 Å². The van der Waals surface area contributed by atoms with Crippen LogP contribution >= 0.6 is 0 Å². The lowest BCUT2D eigenvalue weighted by Crippen LogP contribution is -2.49. The van der Waals surface area contributed by atoms with E-state index in [0.29, 0.717) is 13.1 Å². The Morgan fingerprint density at radius 1 is 1.12 bits per heavy atom. The lowest BCUT2D eigenvalue weighted by molar-refractivity contribution is -0.137. The molecule has 3 fully saturated rings. The summed E-state index contributed by atoms with van der Waals surface area (Å²) in [5.74, 6) is 0.116. The Hall–Kier alpha value is -2.08. The Bertz CT molecular complexity index is 672. The number of nitrogens with zero attached hydrogens (tertiary/aromatic N) is 2. The molecular formula is C19H25N3O3. The number of ether oxygens (including phenoxy) is 1. The van der Waals surface area contributed by atoms with E-state index in [9.17, 15) is 9.59 Å². The molecule has 3 heterocycles. The van der Waals surface area contributed by atoms with Gasteiger partial charge in [0.15, 0.2) is 0 Å². The predicted octanol–water partition coefficient (Wildman–Crippen LogP) is 2.24. The Morgan fingerprint density at radius 2 is 1.88 bits per heavy atom. The lowest BCUT2D eigenvalue weighted by atomic mass is 9.99. The summed E-state index contributed by atoms with van der Waals surface area (Å²) in [7, 11) is 0. The monoisotopic (exact) mass is 343 g/mol. The fraction of sp³-hybridized carbons (Fsp3) is 0.579. The number of aryl methyl sites for hydroxylation is 1. The molecule has 1 N–H and O–H groups in total. The number of anilines is 1. The maximum atomic E-state index is 12.7. The van der Waals surface area contributed by atoms with Crippen molar-refractivity contribution in [3.63, 3.8) is 0 Å². The van der Waals surface area contributed by atoms with Gasteiger partial charge in [-0.25, -0.2) is 4.79 Å². The highest BCUT2D eigenvalue weighted by atomic mass is 16.5. The number of urea groups is 1.